The van der Waals surface area contributed by atoms with Crippen LogP contribution in [0.5, 0.6) is 0 Å². The van der Waals surface area contributed by atoms with Gasteiger partial charge in [-0.1, -0.05) is 36.4 Å². The maximum atomic E-state index is 12.4. The molecular weight excluding hydrogens is 268 g/mol. The fourth-order valence-corrected chi connectivity index (χ4v) is 1.88. The molecule has 1 aromatic carbocycles. The van der Waals surface area contributed by atoms with Crippen molar-refractivity contribution in [3.05, 3.63) is 59.8 Å². The number of rotatable bonds is 4. The molecular formula is C16H16N2O3. The Bertz CT molecular complexity index is 666. The summed E-state index contributed by atoms with van der Waals surface area (Å²) in [6, 6.07) is 13.9. The molecule has 0 bridgehead atoms. The first-order valence-electron chi connectivity index (χ1n) is 6.48. The maximum Gasteiger partial charge on any atom is 0.354 e. The van der Waals surface area contributed by atoms with E-state index >= 15 is 0 Å². The van der Waals surface area contributed by atoms with Crippen LogP contribution in [-0.4, -0.2) is 22.0 Å². The maximum absolute atomic E-state index is 12.4. The van der Waals surface area contributed by atoms with Gasteiger partial charge >= 0.3 is 5.97 Å². The molecule has 5 nitrogen and oxygen atoms in total. The Morgan fingerprint density at radius 1 is 1.05 bits per heavy atom. The fraction of sp³-hybridized carbons (Fsp3) is 0.188. The van der Waals surface area contributed by atoms with Crippen LogP contribution < -0.4 is 5.32 Å². The van der Waals surface area contributed by atoms with E-state index in [2.05, 4.69) is 10.3 Å². The average Bonchev–Trinajstić information content (AvgIpc) is 2.48. The normalized spacial score (nSPS) is 11.0. The minimum absolute atomic E-state index is 0.106. The number of anilines is 1. The first-order valence-corrected chi connectivity index (χ1v) is 6.48. The number of carbonyl (C=O) groups excluding carboxylic acids is 1. The molecule has 2 aromatic rings. The van der Waals surface area contributed by atoms with Gasteiger partial charge in [0.25, 0.3) is 0 Å². The molecule has 0 fully saturated rings. The second kappa shape index (κ2) is 5.75. The zero-order valence-corrected chi connectivity index (χ0v) is 11.8. The molecule has 0 radical (unpaired) electrons. The van der Waals surface area contributed by atoms with E-state index in [1.165, 1.54) is 6.07 Å². The molecule has 0 saturated heterocycles. The molecule has 21 heavy (non-hydrogen) atoms. The van der Waals surface area contributed by atoms with Crippen LogP contribution in [0, 0.1) is 0 Å². The molecule has 108 valence electrons. The molecule has 1 amide bonds. The molecule has 0 saturated carbocycles. The van der Waals surface area contributed by atoms with Crippen LogP contribution >= 0.6 is 0 Å². The lowest BCUT2D eigenvalue weighted by Crippen LogP contribution is -2.35. The quantitative estimate of drug-likeness (QED) is 0.904. The monoisotopic (exact) mass is 284 g/mol. The lowest BCUT2D eigenvalue weighted by atomic mass is 9.84. The van der Waals surface area contributed by atoms with Crippen LogP contribution in [0.2, 0.25) is 0 Å². The van der Waals surface area contributed by atoms with E-state index in [0.29, 0.717) is 0 Å². The molecule has 0 aliphatic rings. The van der Waals surface area contributed by atoms with Crippen molar-refractivity contribution in [2.45, 2.75) is 19.3 Å². The summed E-state index contributed by atoms with van der Waals surface area (Å²) in [5.74, 6) is -1.15. The highest BCUT2D eigenvalue weighted by molar-refractivity contribution is 5.98. The molecule has 1 aromatic heterocycles. The van der Waals surface area contributed by atoms with Gasteiger partial charge in [-0.25, -0.2) is 9.78 Å². The van der Waals surface area contributed by atoms with Crippen LogP contribution in [0.1, 0.15) is 29.9 Å². The van der Waals surface area contributed by atoms with Crippen LogP contribution in [0.15, 0.2) is 48.5 Å². The summed E-state index contributed by atoms with van der Waals surface area (Å²) in [4.78, 5) is 27.2. The third kappa shape index (κ3) is 3.25. The largest absolute Gasteiger partial charge is 0.477 e. The van der Waals surface area contributed by atoms with E-state index in [1.54, 1.807) is 26.0 Å². The number of carbonyl (C=O) groups is 2. The number of aromatic nitrogens is 1. The number of hydrogen-bond acceptors (Lipinski definition) is 3. The van der Waals surface area contributed by atoms with Gasteiger partial charge in [-0.2, -0.15) is 0 Å². The molecule has 1 heterocycles. The number of nitrogens with one attached hydrogen (secondary N) is 1. The third-order valence-corrected chi connectivity index (χ3v) is 3.27. The molecule has 5 heteroatoms. The Hall–Kier alpha value is -2.69. The van der Waals surface area contributed by atoms with E-state index < -0.39 is 11.4 Å². The van der Waals surface area contributed by atoms with Crippen LogP contribution in [0.4, 0.5) is 5.82 Å². The molecule has 2 N–H and O–H groups in total. The number of nitrogens with zero attached hydrogens (tertiary/aromatic N) is 1. The summed E-state index contributed by atoms with van der Waals surface area (Å²) in [6.07, 6.45) is 0. The second-order valence-electron chi connectivity index (χ2n) is 5.16. The van der Waals surface area contributed by atoms with E-state index in [9.17, 15) is 9.59 Å². The van der Waals surface area contributed by atoms with Gasteiger partial charge in [0, 0.05) is 0 Å². The van der Waals surface area contributed by atoms with Crippen molar-refractivity contribution in [1.29, 1.82) is 0 Å². The third-order valence-electron chi connectivity index (χ3n) is 3.27. The highest BCUT2D eigenvalue weighted by Crippen LogP contribution is 2.24. The van der Waals surface area contributed by atoms with Gasteiger partial charge in [-0.05, 0) is 31.5 Å². The molecule has 0 aliphatic heterocycles. The lowest BCUT2D eigenvalue weighted by Gasteiger charge is -2.23. The highest BCUT2D eigenvalue weighted by Gasteiger charge is 2.29. The Morgan fingerprint density at radius 3 is 2.33 bits per heavy atom. The van der Waals surface area contributed by atoms with Crippen molar-refractivity contribution in [2.24, 2.45) is 0 Å². The van der Waals surface area contributed by atoms with E-state index in [0.717, 1.165) is 5.56 Å². The van der Waals surface area contributed by atoms with Crippen molar-refractivity contribution in [3.63, 3.8) is 0 Å². The second-order valence-corrected chi connectivity index (χ2v) is 5.16. The van der Waals surface area contributed by atoms with E-state index in [-0.39, 0.29) is 17.4 Å². The molecule has 2 rings (SSSR count). The summed E-state index contributed by atoms with van der Waals surface area (Å²) in [6.45, 7) is 3.61. The predicted molar refractivity (Wildman–Crippen MR) is 79.3 cm³/mol. The SMILES string of the molecule is CC(C)(C(=O)Nc1cccc(C(=O)O)n1)c1ccccc1. The molecule has 0 atom stereocenters. The summed E-state index contributed by atoms with van der Waals surface area (Å²) >= 11 is 0. The van der Waals surface area contributed by atoms with Gasteiger partial charge in [-0.3, -0.25) is 4.79 Å². The minimum atomic E-state index is -1.13. The number of amides is 1. The van der Waals surface area contributed by atoms with Gasteiger partial charge in [0.05, 0.1) is 5.41 Å². The smallest absolute Gasteiger partial charge is 0.354 e. The molecule has 0 unspecified atom stereocenters. The zero-order chi connectivity index (χ0) is 15.5. The zero-order valence-electron chi connectivity index (χ0n) is 11.8. The standard InChI is InChI=1S/C16H16N2O3/c1-16(2,11-7-4-3-5-8-11)15(21)18-13-10-6-9-12(17-13)14(19)20/h3-10H,1-2H3,(H,19,20)(H,17,18,21). The van der Waals surface area contributed by atoms with Crippen LogP contribution in [-0.2, 0) is 10.2 Å². The number of hydrogen-bond donors (Lipinski definition) is 2. The van der Waals surface area contributed by atoms with Gasteiger partial charge in [0.15, 0.2) is 5.69 Å². The number of benzene rings is 1. The summed E-state index contributed by atoms with van der Waals surface area (Å²) in [7, 11) is 0. The lowest BCUT2D eigenvalue weighted by molar-refractivity contribution is -0.120. The van der Waals surface area contributed by atoms with Gasteiger partial charge in [0.2, 0.25) is 5.91 Å². The fourth-order valence-electron chi connectivity index (χ4n) is 1.88. The Balaban J connectivity index is 2.21. The number of carboxylic acids is 1. The van der Waals surface area contributed by atoms with Crippen molar-refractivity contribution in [3.8, 4) is 0 Å². The van der Waals surface area contributed by atoms with Crippen molar-refractivity contribution >= 4 is 17.7 Å². The Labute approximate surface area is 122 Å². The first-order chi connectivity index (χ1) is 9.91. The van der Waals surface area contributed by atoms with Crippen molar-refractivity contribution in [2.75, 3.05) is 5.32 Å². The van der Waals surface area contributed by atoms with Crippen LogP contribution in [0.3, 0.4) is 0 Å². The predicted octanol–water partition coefficient (Wildman–Crippen LogP) is 2.70. The van der Waals surface area contributed by atoms with E-state index in [4.69, 9.17) is 5.11 Å². The summed E-state index contributed by atoms with van der Waals surface area (Å²) < 4.78 is 0. The van der Waals surface area contributed by atoms with Gasteiger partial charge in [0.1, 0.15) is 5.82 Å². The van der Waals surface area contributed by atoms with E-state index in [1.807, 2.05) is 30.3 Å². The number of pyridine rings is 1. The van der Waals surface area contributed by atoms with Crippen molar-refractivity contribution in [1.82, 2.24) is 4.98 Å². The average molecular weight is 284 g/mol. The number of carboxylic acid groups (broad SMARTS) is 1. The van der Waals surface area contributed by atoms with Crippen LogP contribution in [0.25, 0.3) is 0 Å². The minimum Gasteiger partial charge on any atom is -0.477 e. The van der Waals surface area contributed by atoms with Gasteiger partial charge in [-0.15, -0.1) is 0 Å². The Morgan fingerprint density at radius 2 is 1.71 bits per heavy atom. The topological polar surface area (TPSA) is 79.3 Å². The highest BCUT2D eigenvalue weighted by atomic mass is 16.4. The number of aromatic carboxylic acids is 1. The Kier molecular flexibility index (Phi) is 4.03. The molecule has 0 aliphatic carbocycles. The summed E-state index contributed by atoms with van der Waals surface area (Å²) in [5, 5.41) is 11.6. The summed E-state index contributed by atoms with van der Waals surface area (Å²) in [5.41, 5.74) is 0.0181. The first kappa shape index (κ1) is 14.7. The van der Waals surface area contributed by atoms with Crippen molar-refractivity contribution < 1.29 is 14.7 Å². The molecule has 0 spiro atoms. The van der Waals surface area contributed by atoms with Gasteiger partial charge < -0.3 is 10.4 Å².